The number of methoxy groups -OCH3 is 2. The number of ether oxygens (including phenoxy) is 7. The average molecular weight is 531 g/mol. The van der Waals surface area contributed by atoms with Crippen LogP contribution in [0.5, 0.6) is 17.2 Å². The molecule has 1 N–H and O–H groups in total. The molecular weight excluding hydrogens is 496 g/mol. The second-order valence-electron chi connectivity index (χ2n) is 7.83. The maximum Gasteiger partial charge on any atom is 0.273 e. The van der Waals surface area contributed by atoms with E-state index in [0.29, 0.717) is 55.8 Å². The van der Waals surface area contributed by atoms with Crippen molar-refractivity contribution in [1.29, 1.82) is 0 Å². The second kappa shape index (κ2) is 16.3. The molecule has 0 atom stereocenters. The summed E-state index contributed by atoms with van der Waals surface area (Å²) in [6, 6.07) is 14.6. The van der Waals surface area contributed by atoms with Gasteiger partial charge in [0.05, 0.1) is 26.4 Å². The Morgan fingerprint density at radius 2 is 1.53 bits per heavy atom. The molecule has 0 saturated carbocycles. The first-order chi connectivity index (χ1) is 18.7. The number of aromatic nitrogens is 1. The van der Waals surface area contributed by atoms with E-state index >= 15 is 0 Å². The van der Waals surface area contributed by atoms with Crippen molar-refractivity contribution in [2.75, 3.05) is 60.8 Å². The van der Waals surface area contributed by atoms with Gasteiger partial charge in [0.25, 0.3) is 5.91 Å². The maximum atomic E-state index is 12.3. The van der Waals surface area contributed by atoms with Crippen molar-refractivity contribution >= 4 is 5.91 Å². The molecule has 38 heavy (non-hydrogen) atoms. The Morgan fingerprint density at radius 1 is 0.868 bits per heavy atom. The lowest BCUT2D eigenvalue weighted by Crippen LogP contribution is -2.22. The molecule has 0 unspecified atom stereocenters. The van der Waals surface area contributed by atoms with Gasteiger partial charge >= 0.3 is 0 Å². The first kappa shape index (κ1) is 28.9. The molecule has 0 aliphatic rings. The molecular formula is C27H34N2O9. The van der Waals surface area contributed by atoms with Crippen LogP contribution in [0.2, 0.25) is 0 Å². The smallest absolute Gasteiger partial charge is 0.273 e. The zero-order valence-electron chi connectivity index (χ0n) is 21.9. The highest BCUT2D eigenvalue weighted by molar-refractivity contribution is 5.93. The van der Waals surface area contributed by atoms with Crippen molar-refractivity contribution < 1.29 is 42.5 Å². The number of benzene rings is 2. The summed E-state index contributed by atoms with van der Waals surface area (Å²) in [5, 5.41) is 6.63. The molecule has 1 heterocycles. The first-order valence-electron chi connectivity index (χ1n) is 12.1. The lowest BCUT2D eigenvalue weighted by molar-refractivity contribution is -0.0117. The van der Waals surface area contributed by atoms with Crippen molar-refractivity contribution in [3.05, 3.63) is 59.8 Å². The van der Waals surface area contributed by atoms with Gasteiger partial charge in [0.1, 0.15) is 29.4 Å². The molecule has 0 spiro atoms. The first-order valence-corrected chi connectivity index (χ1v) is 12.1. The Hall–Kier alpha value is -3.64. The van der Waals surface area contributed by atoms with Crippen molar-refractivity contribution in [2.24, 2.45) is 0 Å². The SMILES string of the molecule is CCNC(=O)c1cc(-c2c(OCOCCOC)cc(OCOCCOC)cc2OCc2ccccc2)on1. The predicted octanol–water partition coefficient (Wildman–Crippen LogP) is 3.67. The number of nitrogens with zero attached hydrogens (tertiary/aromatic N) is 1. The summed E-state index contributed by atoms with van der Waals surface area (Å²) in [5.41, 5.74) is 1.54. The molecule has 1 amide bonds. The summed E-state index contributed by atoms with van der Waals surface area (Å²) in [6.07, 6.45) is 0. The van der Waals surface area contributed by atoms with Gasteiger partial charge in [-0.2, -0.15) is 0 Å². The van der Waals surface area contributed by atoms with Gasteiger partial charge < -0.3 is 43.0 Å². The molecule has 0 saturated heterocycles. The number of nitrogens with one attached hydrogen (secondary N) is 1. The van der Waals surface area contributed by atoms with E-state index in [4.69, 9.17) is 37.7 Å². The van der Waals surface area contributed by atoms with Crippen LogP contribution in [0.15, 0.2) is 53.1 Å². The standard InChI is InChI=1S/C27H34N2O9/c1-4-28-27(30)22-16-25(38-29-22)26-23(35-17-20-8-6-5-7-9-20)14-21(36-18-33-12-10-31-2)15-24(26)37-19-34-13-11-32-3/h5-9,14-16H,4,10-13,17-19H2,1-3H3,(H,28,30). The van der Waals surface area contributed by atoms with E-state index in [1.807, 2.05) is 37.3 Å². The quantitative estimate of drug-likeness (QED) is 0.193. The van der Waals surface area contributed by atoms with Gasteiger partial charge in [-0.05, 0) is 12.5 Å². The number of carbonyl (C=O) groups excluding carboxylic acids is 1. The lowest BCUT2D eigenvalue weighted by atomic mass is 10.1. The Labute approximate surface area is 221 Å². The van der Waals surface area contributed by atoms with Gasteiger partial charge in [-0.15, -0.1) is 0 Å². The Kier molecular flexibility index (Phi) is 12.4. The molecule has 206 valence electrons. The van der Waals surface area contributed by atoms with Crippen LogP contribution in [0.4, 0.5) is 0 Å². The van der Waals surface area contributed by atoms with E-state index in [1.54, 1.807) is 26.4 Å². The highest BCUT2D eigenvalue weighted by atomic mass is 16.7. The number of rotatable bonds is 18. The minimum absolute atomic E-state index is 0.00570. The van der Waals surface area contributed by atoms with E-state index in [0.717, 1.165) is 5.56 Å². The normalized spacial score (nSPS) is 10.8. The van der Waals surface area contributed by atoms with Crippen LogP contribution in [-0.2, 0) is 25.6 Å². The lowest BCUT2D eigenvalue weighted by Gasteiger charge is -2.17. The number of hydrogen-bond acceptors (Lipinski definition) is 10. The molecule has 0 radical (unpaired) electrons. The van der Waals surface area contributed by atoms with Crippen LogP contribution >= 0.6 is 0 Å². The topological polar surface area (TPSA) is 120 Å². The molecule has 0 aliphatic carbocycles. The van der Waals surface area contributed by atoms with Crippen molar-refractivity contribution in [3.8, 4) is 28.6 Å². The number of amides is 1. The zero-order valence-corrected chi connectivity index (χ0v) is 21.9. The molecule has 0 fully saturated rings. The average Bonchev–Trinajstić information content (AvgIpc) is 3.42. The van der Waals surface area contributed by atoms with Crippen molar-refractivity contribution in [2.45, 2.75) is 13.5 Å². The highest BCUT2D eigenvalue weighted by Gasteiger charge is 2.23. The summed E-state index contributed by atoms with van der Waals surface area (Å²) in [5.74, 6) is 1.11. The Morgan fingerprint density at radius 3 is 2.18 bits per heavy atom. The highest BCUT2D eigenvalue weighted by Crippen LogP contribution is 2.43. The van der Waals surface area contributed by atoms with E-state index in [-0.39, 0.29) is 37.6 Å². The summed E-state index contributed by atoms with van der Waals surface area (Å²) < 4.78 is 44.4. The van der Waals surface area contributed by atoms with Gasteiger partial charge in [0.2, 0.25) is 0 Å². The fourth-order valence-electron chi connectivity index (χ4n) is 3.22. The maximum absolute atomic E-state index is 12.3. The Bertz CT molecular complexity index is 1110. The van der Waals surface area contributed by atoms with Crippen LogP contribution in [0, 0.1) is 0 Å². The van der Waals surface area contributed by atoms with Crippen LogP contribution in [0.25, 0.3) is 11.3 Å². The van der Waals surface area contributed by atoms with E-state index < -0.39 is 0 Å². The molecule has 3 rings (SSSR count). The molecule has 3 aromatic rings. The summed E-state index contributed by atoms with van der Waals surface area (Å²) in [4.78, 5) is 12.3. The van der Waals surface area contributed by atoms with Gasteiger partial charge in [-0.1, -0.05) is 35.5 Å². The molecule has 0 bridgehead atoms. The van der Waals surface area contributed by atoms with E-state index in [1.165, 1.54) is 6.07 Å². The third-order valence-corrected chi connectivity index (χ3v) is 5.07. The van der Waals surface area contributed by atoms with Gasteiger partial charge in [0, 0.05) is 39.0 Å². The van der Waals surface area contributed by atoms with Crippen LogP contribution in [-0.4, -0.2) is 71.8 Å². The van der Waals surface area contributed by atoms with Crippen molar-refractivity contribution in [1.82, 2.24) is 10.5 Å². The van der Waals surface area contributed by atoms with Crippen LogP contribution < -0.4 is 19.5 Å². The predicted molar refractivity (Wildman–Crippen MR) is 137 cm³/mol. The molecule has 0 aliphatic heterocycles. The van der Waals surface area contributed by atoms with Crippen LogP contribution in [0.3, 0.4) is 0 Å². The minimum atomic E-state index is -0.354. The minimum Gasteiger partial charge on any atom is -0.488 e. The largest absolute Gasteiger partial charge is 0.488 e. The van der Waals surface area contributed by atoms with Crippen molar-refractivity contribution in [3.63, 3.8) is 0 Å². The number of hydrogen-bond donors (Lipinski definition) is 1. The molecule has 2 aromatic carbocycles. The summed E-state index contributed by atoms with van der Waals surface area (Å²) in [6.45, 7) is 4.05. The molecule has 11 nitrogen and oxygen atoms in total. The van der Waals surface area contributed by atoms with Gasteiger partial charge in [-0.3, -0.25) is 4.79 Å². The van der Waals surface area contributed by atoms with Gasteiger partial charge in [0.15, 0.2) is 25.0 Å². The second-order valence-corrected chi connectivity index (χ2v) is 7.83. The van der Waals surface area contributed by atoms with E-state index in [2.05, 4.69) is 10.5 Å². The van der Waals surface area contributed by atoms with E-state index in [9.17, 15) is 4.79 Å². The molecule has 11 heteroatoms. The molecule has 1 aromatic heterocycles. The third kappa shape index (κ3) is 9.03. The Balaban J connectivity index is 1.94. The summed E-state index contributed by atoms with van der Waals surface area (Å²) >= 11 is 0. The van der Waals surface area contributed by atoms with Crippen LogP contribution in [0.1, 0.15) is 23.0 Å². The van der Waals surface area contributed by atoms with Gasteiger partial charge in [-0.25, -0.2) is 0 Å². The summed E-state index contributed by atoms with van der Waals surface area (Å²) in [7, 11) is 3.18. The third-order valence-electron chi connectivity index (χ3n) is 5.07. The fraction of sp³-hybridized carbons (Fsp3) is 0.407. The monoisotopic (exact) mass is 530 g/mol. The zero-order chi connectivity index (χ0) is 27.0. The number of carbonyl (C=O) groups is 1. The fourth-order valence-corrected chi connectivity index (χ4v) is 3.22.